The molecule has 3 aromatic carbocycles. The molecule has 5 aromatic rings. The molecule has 1 amide bonds. The first-order valence-corrected chi connectivity index (χ1v) is 15.8. The SMILES string of the molecule is CCN(C(=O)[C@H]1O[C@@H](O)[C@@](O)(C(CO)Cc2ccccc2)[C@@H]1O)n1c(N)nc2c(NCC(c3ccccc3)c3ccccc3)ncnc21. The van der Waals surface area contributed by atoms with Crippen LogP contribution in [0.1, 0.15) is 29.5 Å². The van der Waals surface area contributed by atoms with Crippen LogP contribution in [-0.4, -0.2) is 89.8 Å². The Morgan fingerprint density at radius 3 is 2.19 bits per heavy atom. The number of nitrogen functional groups attached to an aromatic ring is 1. The molecule has 3 heterocycles. The van der Waals surface area contributed by atoms with Gasteiger partial charge in [0.2, 0.25) is 5.95 Å². The van der Waals surface area contributed by atoms with Gasteiger partial charge in [0.25, 0.3) is 5.91 Å². The molecule has 13 heteroatoms. The van der Waals surface area contributed by atoms with E-state index in [9.17, 15) is 25.2 Å². The predicted molar refractivity (Wildman–Crippen MR) is 179 cm³/mol. The van der Waals surface area contributed by atoms with Crippen molar-refractivity contribution >= 4 is 28.8 Å². The molecule has 5 atom stereocenters. The van der Waals surface area contributed by atoms with Gasteiger partial charge in [0.05, 0.1) is 0 Å². The van der Waals surface area contributed by atoms with Crippen molar-refractivity contribution < 1.29 is 30.0 Å². The quantitative estimate of drug-likeness (QED) is 0.115. The minimum Gasteiger partial charge on any atom is -0.396 e. The third kappa shape index (κ3) is 6.09. The maximum atomic E-state index is 14.0. The van der Waals surface area contributed by atoms with E-state index in [2.05, 4.69) is 44.5 Å². The van der Waals surface area contributed by atoms with Crippen molar-refractivity contribution in [1.82, 2.24) is 19.6 Å². The molecule has 250 valence electrons. The van der Waals surface area contributed by atoms with E-state index >= 15 is 0 Å². The summed E-state index contributed by atoms with van der Waals surface area (Å²) >= 11 is 0. The minimum atomic E-state index is -2.35. The van der Waals surface area contributed by atoms with Crippen molar-refractivity contribution in [2.75, 3.05) is 35.8 Å². The van der Waals surface area contributed by atoms with Crippen LogP contribution in [-0.2, 0) is 16.0 Å². The second-order valence-electron chi connectivity index (χ2n) is 11.8. The van der Waals surface area contributed by atoms with Crippen molar-refractivity contribution in [1.29, 1.82) is 0 Å². The summed E-state index contributed by atoms with van der Waals surface area (Å²) in [6, 6.07) is 29.2. The van der Waals surface area contributed by atoms with E-state index in [1.165, 1.54) is 16.0 Å². The Morgan fingerprint density at radius 2 is 1.60 bits per heavy atom. The summed E-state index contributed by atoms with van der Waals surface area (Å²) in [7, 11) is 0. The number of carbonyl (C=O) groups is 1. The predicted octanol–water partition coefficient (Wildman–Crippen LogP) is 1.80. The van der Waals surface area contributed by atoms with Crippen LogP contribution in [0.3, 0.4) is 0 Å². The van der Waals surface area contributed by atoms with Crippen LogP contribution in [0, 0.1) is 5.92 Å². The number of imidazole rings is 1. The number of carbonyl (C=O) groups excluding carboxylic acids is 1. The van der Waals surface area contributed by atoms with E-state index in [0.29, 0.717) is 17.9 Å². The van der Waals surface area contributed by atoms with E-state index in [-0.39, 0.29) is 30.5 Å². The van der Waals surface area contributed by atoms with Crippen LogP contribution in [0.2, 0.25) is 0 Å². The second-order valence-corrected chi connectivity index (χ2v) is 11.8. The standard InChI is InChI=1S/C35H39N7O6/c1-2-41(32(45)28-29(44)35(47,33(46)48-28)25(20-43)18-22-12-6-3-7-13-22)42-31-27(40-34(42)36)30(38-21-39-31)37-19-26(23-14-8-4-9-15-23)24-16-10-5-11-17-24/h3-17,21,25-26,28-29,33,43-44,46-47H,2,18-20H2,1H3,(H2,36,40)(H,37,38,39)/t25?,28-,29+,33+,35+/m0/s1. The van der Waals surface area contributed by atoms with Gasteiger partial charge in [-0.1, -0.05) is 91.0 Å². The van der Waals surface area contributed by atoms with Gasteiger partial charge in [0.1, 0.15) is 18.0 Å². The third-order valence-corrected chi connectivity index (χ3v) is 8.99. The molecule has 0 radical (unpaired) electrons. The number of nitrogens with two attached hydrogens (primary N) is 1. The fourth-order valence-corrected chi connectivity index (χ4v) is 6.43. The Bertz CT molecular complexity index is 1790. The Morgan fingerprint density at radius 1 is 1.00 bits per heavy atom. The monoisotopic (exact) mass is 653 g/mol. The number of hydrogen-bond donors (Lipinski definition) is 6. The smallest absolute Gasteiger partial charge is 0.273 e. The van der Waals surface area contributed by atoms with E-state index in [1.807, 2.05) is 42.5 Å². The minimum absolute atomic E-state index is 0.0126. The highest BCUT2D eigenvalue weighted by Gasteiger charge is 2.61. The Balaban J connectivity index is 1.26. The van der Waals surface area contributed by atoms with Crippen LogP contribution in [0.4, 0.5) is 11.8 Å². The molecule has 13 nitrogen and oxygen atoms in total. The Labute approximate surface area is 277 Å². The highest BCUT2D eigenvalue weighted by molar-refractivity contribution is 5.94. The molecule has 1 aliphatic heterocycles. The molecular weight excluding hydrogens is 614 g/mol. The van der Waals surface area contributed by atoms with Crippen LogP contribution in [0.15, 0.2) is 97.3 Å². The van der Waals surface area contributed by atoms with Crippen molar-refractivity contribution in [2.45, 2.75) is 43.4 Å². The number of rotatable bonds is 12. The number of fused-ring (bicyclic) bond motifs is 1. The highest BCUT2D eigenvalue weighted by Crippen LogP contribution is 2.38. The largest absolute Gasteiger partial charge is 0.396 e. The molecule has 7 N–H and O–H groups in total. The molecule has 6 rings (SSSR count). The maximum Gasteiger partial charge on any atom is 0.273 e. The second kappa shape index (κ2) is 14.1. The lowest BCUT2D eigenvalue weighted by Gasteiger charge is -2.36. The van der Waals surface area contributed by atoms with Gasteiger partial charge in [0.15, 0.2) is 29.4 Å². The number of nitrogens with zero attached hydrogens (tertiary/aromatic N) is 5. The first-order chi connectivity index (χ1) is 23.3. The molecule has 0 saturated carbocycles. The zero-order valence-electron chi connectivity index (χ0n) is 26.4. The summed E-state index contributed by atoms with van der Waals surface area (Å²) in [6.45, 7) is 1.61. The zero-order chi connectivity index (χ0) is 33.8. The van der Waals surface area contributed by atoms with Gasteiger partial charge >= 0.3 is 0 Å². The summed E-state index contributed by atoms with van der Waals surface area (Å²) in [4.78, 5) is 27.3. The fourth-order valence-electron chi connectivity index (χ4n) is 6.43. The number of anilines is 2. The molecule has 48 heavy (non-hydrogen) atoms. The third-order valence-electron chi connectivity index (χ3n) is 8.99. The van der Waals surface area contributed by atoms with Gasteiger partial charge in [-0.3, -0.25) is 4.79 Å². The number of aliphatic hydroxyl groups is 4. The lowest BCUT2D eigenvalue weighted by molar-refractivity contribution is -0.204. The fraction of sp³-hybridized carbons (Fsp3) is 0.314. The molecular formula is C35H39N7O6. The van der Waals surface area contributed by atoms with Crippen LogP contribution in [0.25, 0.3) is 11.2 Å². The summed E-state index contributed by atoms with van der Waals surface area (Å²) in [5.74, 6) is -1.54. The maximum absolute atomic E-state index is 14.0. The van der Waals surface area contributed by atoms with Gasteiger partial charge in [-0.25, -0.2) is 20.0 Å². The van der Waals surface area contributed by atoms with Gasteiger partial charge < -0.3 is 36.2 Å². The van der Waals surface area contributed by atoms with Crippen molar-refractivity contribution in [3.63, 3.8) is 0 Å². The Hall–Kier alpha value is -4.92. The molecule has 1 saturated heterocycles. The first kappa shape index (κ1) is 33.0. The number of aliphatic hydroxyl groups excluding tert-OH is 3. The molecule has 0 bridgehead atoms. The van der Waals surface area contributed by atoms with Crippen molar-refractivity contribution in [3.8, 4) is 0 Å². The van der Waals surface area contributed by atoms with Crippen LogP contribution >= 0.6 is 0 Å². The van der Waals surface area contributed by atoms with Crippen molar-refractivity contribution in [3.05, 3.63) is 114 Å². The molecule has 1 unspecified atom stereocenters. The first-order valence-electron chi connectivity index (χ1n) is 15.8. The normalized spacial score (nSPS) is 21.4. The van der Waals surface area contributed by atoms with Gasteiger partial charge in [-0.2, -0.15) is 4.68 Å². The van der Waals surface area contributed by atoms with Gasteiger partial charge in [-0.05, 0) is 30.0 Å². The average Bonchev–Trinajstić information content (AvgIpc) is 3.57. The van der Waals surface area contributed by atoms with Gasteiger partial charge in [0, 0.05) is 31.5 Å². The number of aromatic nitrogens is 4. The van der Waals surface area contributed by atoms with E-state index in [0.717, 1.165) is 16.7 Å². The number of benzene rings is 3. The van der Waals surface area contributed by atoms with Crippen molar-refractivity contribution in [2.24, 2.45) is 5.92 Å². The van der Waals surface area contributed by atoms with Gasteiger partial charge in [-0.15, -0.1) is 0 Å². The number of hydrogen-bond acceptors (Lipinski definition) is 11. The number of likely N-dealkylation sites (N-methyl/N-ethyl adjacent to an activating group) is 1. The lowest BCUT2D eigenvalue weighted by atomic mass is 9.78. The number of amides is 1. The van der Waals surface area contributed by atoms with E-state index in [1.54, 1.807) is 31.2 Å². The summed E-state index contributed by atoms with van der Waals surface area (Å²) in [5, 5.41) is 48.5. The molecule has 1 fully saturated rings. The molecule has 0 aliphatic carbocycles. The number of ether oxygens (including phenoxy) is 1. The molecule has 1 aliphatic rings. The zero-order valence-corrected chi connectivity index (χ0v) is 26.4. The summed E-state index contributed by atoms with van der Waals surface area (Å²) in [6.07, 6.45) is -4.09. The Kier molecular flexibility index (Phi) is 9.66. The average molecular weight is 654 g/mol. The van der Waals surface area contributed by atoms with Crippen LogP contribution < -0.4 is 16.1 Å². The van der Waals surface area contributed by atoms with E-state index < -0.39 is 42.5 Å². The van der Waals surface area contributed by atoms with E-state index in [4.69, 9.17) is 10.5 Å². The number of nitrogens with one attached hydrogen (secondary N) is 1. The molecule has 2 aromatic heterocycles. The lowest BCUT2D eigenvalue weighted by Crippen LogP contribution is -2.58. The highest BCUT2D eigenvalue weighted by atomic mass is 16.7. The summed E-state index contributed by atoms with van der Waals surface area (Å²) in [5.41, 5.74) is 7.54. The van der Waals surface area contributed by atoms with Crippen LogP contribution in [0.5, 0.6) is 0 Å². The topological polar surface area (TPSA) is 192 Å². The summed E-state index contributed by atoms with van der Waals surface area (Å²) < 4.78 is 6.81. The molecule has 0 spiro atoms.